The summed E-state index contributed by atoms with van der Waals surface area (Å²) in [6, 6.07) is 0. The van der Waals surface area contributed by atoms with Crippen molar-refractivity contribution in [3.63, 3.8) is 0 Å². The molecule has 0 saturated carbocycles. The SMILES string of the molecule is CC(C)(C)CCCCCC(=O)O.CC(C)CCCCC(=O)O.[Co]. The van der Waals surface area contributed by atoms with Crippen molar-refractivity contribution >= 4 is 11.9 Å². The van der Waals surface area contributed by atoms with E-state index in [-0.39, 0.29) is 16.8 Å². The maximum atomic E-state index is 10.2. The molecule has 0 unspecified atom stereocenters. The Hall–Kier alpha value is -0.554. The smallest absolute Gasteiger partial charge is 0.303 e. The summed E-state index contributed by atoms with van der Waals surface area (Å²) in [6.07, 6.45) is 7.88. The van der Waals surface area contributed by atoms with Gasteiger partial charge in [-0.3, -0.25) is 9.59 Å². The second kappa shape index (κ2) is 16.3. The number of carboxylic acid groups (broad SMARTS) is 2. The van der Waals surface area contributed by atoms with Gasteiger partial charge in [0.05, 0.1) is 0 Å². The molecule has 0 aromatic rings. The van der Waals surface area contributed by atoms with E-state index < -0.39 is 11.9 Å². The molecule has 0 heterocycles. The number of aliphatic carboxylic acids is 2. The topological polar surface area (TPSA) is 74.6 Å². The molecule has 5 heteroatoms. The normalized spacial score (nSPS) is 10.5. The molecule has 0 aliphatic heterocycles. The minimum atomic E-state index is -0.677. The molecule has 0 bridgehead atoms. The minimum absolute atomic E-state index is 0. The minimum Gasteiger partial charge on any atom is -0.481 e. The summed E-state index contributed by atoms with van der Waals surface area (Å²) in [5.41, 5.74) is 0.392. The fourth-order valence-electron chi connectivity index (χ4n) is 1.94. The molecule has 2 N–H and O–H groups in total. The van der Waals surface area contributed by atoms with Gasteiger partial charge in [0.2, 0.25) is 0 Å². The molecule has 0 amide bonds. The summed E-state index contributed by atoms with van der Waals surface area (Å²) in [5, 5.41) is 16.7. The van der Waals surface area contributed by atoms with E-state index in [9.17, 15) is 9.59 Å². The van der Waals surface area contributed by atoms with E-state index in [1.54, 1.807) is 0 Å². The molecule has 1 radical (unpaired) electrons. The predicted octanol–water partition coefficient (Wildman–Crippen LogP) is 5.35. The zero-order chi connectivity index (χ0) is 17.6. The van der Waals surface area contributed by atoms with Crippen molar-refractivity contribution in [3.8, 4) is 0 Å². The number of carbonyl (C=O) groups is 2. The maximum Gasteiger partial charge on any atom is 0.303 e. The van der Waals surface area contributed by atoms with Crippen LogP contribution in [0.15, 0.2) is 0 Å². The van der Waals surface area contributed by atoms with Crippen LogP contribution in [-0.2, 0) is 26.4 Å². The van der Waals surface area contributed by atoms with Gasteiger partial charge in [0, 0.05) is 29.6 Å². The van der Waals surface area contributed by atoms with Gasteiger partial charge in [0.25, 0.3) is 0 Å². The molecule has 0 aromatic heterocycles. The Balaban J connectivity index is -0.000000338. The Kier molecular flexibility index (Phi) is 19.4. The number of hydrogen-bond donors (Lipinski definition) is 2. The molecular weight excluding hydrogens is 339 g/mol. The third kappa shape index (κ3) is 34.0. The van der Waals surface area contributed by atoms with Gasteiger partial charge < -0.3 is 10.2 Å². The third-order valence-corrected chi connectivity index (χ3v) is 3.24. The first-order chi connectivity index (χ1) is 10.0. The summed E-state index contributed by atoms with van der Waals surface area (Å²) in [7, 11) is 0. The van der Waals surface area contributed by atoms with Gasteiger partial charge in [-0.15, -0.1) is 0 Å². The molecule has 0 aliphatic rings. The molecule has 0 aromatic carbocycles. The standard InChI is InChI=1S/C10H20O2.C8H16O2.Co/c1-10(2,3)8-6-4-5-7-9(11)12;1-7(2)5-3-4-6-8(9)10;/h4-8H2,1-3H3,(H,11,12);7H,3-6H2,1-2H3,(H,9,10);. The van der Waals surface area contributed by atoms with Crippen molar-refractivity contribution < 1.29 is 36.6 Å². The van der Waals surface area contributed by atoms with E-state index in [2.05, 4.69) is 34.6 Å². The van der Waals surface area contributed by atoms with Crippen LogP contribution in [0, 0.1) is 11.3 Å². The zero-order valence-corrected chi connectivity index (χ0v) is 16.5. The monoisotopic (exact) mass is 375 g/mol. The molecule has 4 nitrogen and oxygen atoms in total. The van der Waals surface area contributed by atoms with Gasteiger partial charge in [-0.2, -0.15) is 0 Å². The average Bonchev–Trinajstić information content (AvgIpc) is 2.33. The van der Waals surface area contributed by atoms with Crippen molar-refractivity contribution in [2.24, 2.45) is 11.3 Å². The summed E-state index contributed by atoms with van der Waals surface area (Å²) in [4.78, 5) is 20.2. The first-order valence-corrected chi connectivity index (χ1v) is 8.48. The van der Waals surface area contributed by atoms with Crippen LogP contribution in [0.2, 0.25) is 0 Å². The van der Waals surface area contributed by atoms with Gasteiger partial charge in [0.1, 0.15) is 0 Å². The van der Waals surface area contributed by atoms with Crippen molar-refractivity contribution in [1.29, 1.82) is 0 Å². The first-order valence-electron chi connectivity index (χ1n) is 8.48. The first kappa shape index (κ1) is 27.3. The van der Waals surface area contributed by atoms with E-state index >= 15 is 0 Å². The van der Waals surface area contributed by atoms with Crippen molar-refractivity contribution in [2.45, 2.75) is 92.4 Å². The number of rotatable bonds is 10. The van der Waals surface area contributed by atoms with Gasteiger partial charge in [0.15, 0.2) is 0 Å². The molecule has 0 fully saturated rings. The Labute approximate surface area is 152 Å². The summed E-state index contributed by atoms with van der Waals surface area (Å²) >= 11 is 0. The van der Waals surface area contributed by atoms with Crippen LogP contribution in [0.5, 0.6) is 0 Å². The van der Waals surface area contributed by atoms with Crippen LogP contribution >= 0.6 is 0 Å². The second-order valence-corrected chi connectivity index (χ2v) is 7.55. The van der Waals surface area contributed by atoms with Crippen LogP contribution in [-0.4, -0.2) is 22.2 Å². The van der Waals surface area contributed by atoms with Gasteiger partial charge in [-0.25, -0.2) is 0 Å². The van der Waals surface area contributed by atoms with Crippen LogP contribution < -0.4 is 0 Å². The number of hydrogen-bond acceptors (Lipinski definition) is 2. The fraction of sp³-hybridized carbons (Fsp3) is 0.889. The molecular formula is C18H36CoO4. The Morgan fingerprint density at radius 3 is 1.61 bits per heavy atom. The summed E-state index contributed by atoms with van der Waals surface area (Å²) < 4.78 is 0. The van der Waals surface area contributed by atoms with Crippen molar-refractivity contribution in [3.05, 3.63) is 0 Å². The largest absolute Gasteiger partial charge is 0.481 e. The molecule has 23 heavy (non-hydrogen) atoms. The summed E-state index contributed by atoms with van der Waals surface area (Å²) in [6.45, 7) is 10.9. The average molecular weight is 375 g/mol. The molecule has 0 rings (SSSR count). The van der Waals surface area contributed by atoms with E-state index in [4.69, 9.17) is 10.2 Å². The quantitative estimate of drug-likeness (QED) is 0.505. The maximum absolute atomic E-state index is 10.2. The summed E-state index contributed by atoms with van der Waals surface area (Å²) in [5.74, 6) is -0.650. The van der Waals surface area contributed by atoms with E-state index in [1.807, 2.05) is 0 Å². The van der Waals surface area contributed by atoms with E-state index in [1.165, 1.54) is 6.42 Å². The third-order valence-electron chi connectivity index (χ3n) is 3.24. The Bertz CT molecular complexity index is 296. The molecule has 0 atom stereocenters. The molecule has 0 spiro atoms. The number of unbranched alkanes of at least 4 members (excludes halogenated alkanes) is 3. The van der Waals surface area contributed by atoms with Crippen LogP contribution in [0.25, 0.3) is 0 Å². The molecule has 0 saturated heterocycles. The van der Waals surface area contributed by atoms with Crippen molar-refractivity contribution in [1.82, 2.24) is 0 Å². The Morgan fingerprint density at radius 1 is 0.826 bits per heavy atom. The van der Waals surface area contributed by atoms with Crippen molar-refractivity contribution in [2.75, 3.05) is 0 Å². The van der Waals surface area contributed by atoms with E-state index in [0.29, 0.717) is 24.2 Å². The number of carboxylic acids is 2. The molecule has 0 aliphatic carbocycles. The van der Waals surface area contributed by atoms with Gasteiger partial charge in [-0.05, 0) is 30.6 Å². The molecule has 141 valence electrons. The van der Waals surface area contributed by atoms with Gasteiger partial charge >= 0.3 is 11.9 Å². The predicted molar refractivity (Wildman–Crippen MR) is 91.1 cm³/mol. The van der Waals surface area contributed by atoms with Crippen LogP contribution in [0.4, 0.5) is 0 Å². The second-order valence-electron chi connectivity index (χ2n) is 7.55. The van der Waals surface area contributed by atoms with Crippen LogP contribution in [0.1, 0.15) is 92.4 Å². The van der Waals surface area contributed by atoms with Gasteiger partial charge in [-0.1, -0.05) is 60.3 Å². The van der Waals surface area contributed by atoms with E-state index in [0.717, 1.165) is 38.5 Å². The fourth-order valence-corrected chi connectivity index (χ4v) is 1.94. The van der Waals surface area contributed by atoms with Crippen LogP contribution in [0.3, 0.4) is 0 Å². The Morgan fingerprint density at radius 2 is 1.26 bits per heavy atom. The zero-order valence-electron chi connectivity index (χ0n) is 15.5.